The third-order valence-electron chi connectivity index (χ3n) is 2.26. The first kappa shape index (κ1) is 11.2. The van der Waals surface area contributed by atoms with Crippen LogP contribution in [0.2, 0.25) is 0 Å². The summed E-state index contributed by atoms with van der Waals surface area (Å²) in [6, 6.07) is 2.05. The lowest BCUT2D eigenvalue weighted by molar-refractivity contribution is 0.530. The van der Waals surface area contributed by atoms with Crippen LogP contribution in [0.25, 0.3) is 0 Å². The van der Waals surface area contributed by atoms with Crippen LogP contribution in [-0.2, 0) is 6.54 Å². The maximum Gasteiger partial charge on any atom is 0.0593 e. The fourth-order valence-electron chi connectivity index (χ4n) is 1.47. The van der Waals surface area contributed by atoms with E-state index in [1.165, 1.54) is 19.3 Å². The summed E-state index contributed by atoms with van der Waals surface area (Å²) in [5.74, 6) is 0. The summed E-state index contributed by atoms with van der Waals surface area (Å²) in [4.78, 5) is 0. The molecule has 80 valence electrons. The van der Waals surface area contributed by atoms with E-state index in [2.05, 4.69) is 29.6 Å². The van der Waals surface area contributed by atoms with Gasteiger partial charge in [0.2, 0.25) is 0 Å². The van der Waals surface area contributed by atoms with Gasteiger partial charge in [0.05, 0.1) is 5.69 Å². The van der Waals surface area contributed by atoms with Gasteiger partial charge in [-0.1, -0.05) is 13.3 Å². The van der Waals surface area contributed by atoms with Gasteiger partial charge in [-0.25, -0.2) is 0 Å². The Kier molecular flexibility index (Phi) is 5.30. The summed E-state index contributed by atoms with van der Waals surface area (Å²) in [5.41, 5.74) is 1.11. The van der Waals surface area contributed by atoms with Crippen molar-refractivity contribution in [3.8, 4) is 0 Å². The average Bonchev–Trinajstić information content (AvgIpc) is 2.58. The zero-order chi connectivity index (χ0) is 10.2. The molecule has 0 aliphatic carbocycles. The van der Waals surface area contributed by atoms with Crippen molar-refractivity contribution in [3.05, 3.63) is 18.0 Å². The van der Waals surface area contributed by atoms with Crippen LogP contribution in [0.5, 0.6) is 0 Å². The first-order chi connectivity index (χ1) is 6.83. The maximum absolute atomic E-state index is 4.35. The average molecular weight is 195 g/mol. The molecule has 0 aliphatic heterocycles. The molecule has 0 aromatic carbocycles. The van der Waals surface area contributed by atoms with E-state index in [1.54, 1.807) is 0 Å². The van der Waals surface area contributed by atoms with E-state index in [-0.39, 0.29) is 0 Å². The molecule has 0 atom stereocenters. The van der Waals surface area contributed by atoms with Crippen LogP contribution in [-0.4, -0.2) is 22.9 Å². The van der Waals surface area contributed by atoms with Gasteiger partial charge in [0, 0.05) is 12.7 Å². The van der Waals surface area contributed by atoms with E-state index in [0.717, 1.165) is 25.3 Å². The number of nitrogens with one attached hydrogen (secondary N) is 1. The summed E-state index contributed by atoms with van der Waals surface area (Å²) >= 11 is 0. The van der Waals surface area contributed by atoms with Crippen LogP contribution in [0.3, 0.4) is 0 Å². The van der Waals surface area contributed by atoms with Gasteiger partial charge in [-0.3, -0.25) is 4.68 Å². The van der Waals surface area contributed by atoms with Crippen LogP contribution < -0.4 is 5.32 Å². The summed E-state index contributed by atoms with van der Waals surface area (Å²) < 4.78 is 2.03. The molecule has 0 bridgehead atoms. The molecule has 0 spiro atoms. The summed E-state index contributed by atoms with van der Waals surface area (Å²) in [6.07, 6.45) is 5.84. The molecule has 0 fully saturated rings. The Balaban J connectivity index is 1.99. The molecular weight excluding hydrogens is 174 g/mol. The Morgan fingerprint density at radius 3 is 2.86 bits per heavy atom. The molecule has 3 heteroatoms. The zero-order valence-electron chi connectivity index (χ0n) is 9.29. The second-order valence-corrected chi connectivity index (χ2v) is 3.63. The van der Waals surface area contributed by atoms with E-state index in [9.17, 15) is 0 Å². The topological polar surface area (TPSA) is 29.9 Å². The van der Waals surface area contributed by atoms with Crippen molar-refractivity contribution >= 4 is 0 Å². The number of unbranched alkanes of at least 4 members (excludes halogenated alkanes) is 2. The highest BCUT2D eigenvalue weighted by Gasteiger charge is 1.93. The highest BCUT2D eigenvalue weighted by Crippen LogP contribution is 1.99. The van der Waals surface area contributed by atoms with E-state index in [1.807, 2.05) is 11.6 Å². The SMILES string of the molecule is CCNCCCCCn1ccc(C)n1. The fraction of sp³-hybridized carbons (Fsp3) is 0.727. The molecule has 1 heterocycles. The van der Waals surface area contributed by atoms with Crippen LogP contribution in [0.4, 0.5) is 0 Å². The third-order valence-corrected chi connectivity index (χ3v) is 2.26. The quantitative estimate of drug-likeness (QED) is 0.674. The predicted octanol–water partition coefficient (Wildman–Crippen LogP) is 1.97. The first-order valence-corrected chi connectivity index (χ1v) is 5.53. The van der Waals surface area contributed by atoms with E-state index in [0.29, 0.717) is 0 Å². The first-order valence-electron chi connectivity index (χ1n) is 5.53. The molecule has 1 aromatic rings. The number of hydrogen-bond donors (Lipinski definition) is 1. The molecular formula is C11H21N3. The van der Waals surface area contributed by atoms with E-state index >= 15 is 0 Å². The lowest BCUT2D eigenvalue weighted by atomic mass is 10.2. The minimum Gasteiger partial charge on any atom is -0.317 e. The number of rotatable bonds is 7. The Morgan fingerprint density at radius 2 is 2.21 bits per heavy atom. The lowest BCUT2D eigenvalue weighted by Crippen LogP contribution is -2.13. The summed E-state index contributed by atoms with van der Waals surface area (Å²) in [7, 11) is 0. The minimum atomic E-state index is 1.06. The van der Waals surface area contributed by atoms with Gasteiger partial charge in [0.1, 0.15) is 0 Å². The van der Waals surface area contributed by atoms with Gasteiger partial charge < -0.3 is 5.32 Å². The molecule has 1 aromatic heterocycles. The van der Waals surface area contributed by atoms with Gasteiger partial charge in [-0.2, -0.15) is 5.10 Å². The van der Waals surface area contributed by atoms with E-state index < -0.39 is 0 Å². The fourth-order valence-corrected chi connectivity index (χ4v) is 1.47. The van der Waals surface area contributed by atoms with Gasteiger partial charge in [0.15, 0.2) is 0 Å². The molecule has 0 saturated carbocycles. The van der Waals surface area contributed by atoms with Crippen molar-refractivity contribution in [1.29, 1.82) is 0 Å². The molecule has 0 radical (unpaired) electrons. The Morgan fingerprint density at radius 1 is 1.36 bits per heavy atom. The number of aryl methyl sites for hydroxylation is 2. The Hall–Kier alpha value is -0.830. The molecule has 3 nitrogen and oxygen atoms in total. The van der Waals surface area contributed by atoms with Crippen molar-refractivity contribution in [2.24, 2.45) is 0 Å². The van der Waals surface area contributed by atoms with Crippen molar-refractivity contribution in [2.75, 3.05) is 13.1 Å². The van der Waals surface area contributed by atoms with Gasteiger partial charge in [0.25, 0.3) is 0 Å². The largest absolute Gasteiger partial charge is 0.317 e. The molecule has 0 saturated heterocycles. The molecule has 0 unspecified atom stereocenters. The van der Waals surface area contributed by atoms with Gasteiger partial charge in [-0.05, 0) is 38.9 Å². The Labute approximate surface area is 86.5 Å². The monoisotopic (exact) mass is 195 g/mol. The molecule has 1 rings (SSSR count). The predicted molar refractivity (Wildman–Crippen MR) is 59.4 cm³/mol. The molecule has 14 heavy (non-hydrogen) atoms. The van der Waals surface area contributed by atoms with Crippen molar-refractivity contribution in [1.82, 2.24) is 15.1 Å². The second-order valence-electron chi connectivity index (χ2n) is 3.63. The second kappa shape index (κ2) is 6.60. The lowest BCUT2D eigenvalue weighted by Gasteiger charge is -2.02. The van der Waals surface area contributed by atoms with Crippen LogP contribution >= 0.6 is 0 Å². The van der Waals surface area contributed by atoms with Crippen molar-refractivity contribution < 1.29 is 0 Å². The Bertz CT molecular complexity index is 242. The normalized spacial score (nSPS) is 10.7. The van der Waals surface area contributed by atoms with E-state index in [4.69, 9.17) is 0 Å². The summed E-state index contributed by atoms with van der Waals surface area (Å²) in [6.45, 7) is 7.46. The van der Waals surface area contributed by atoms with Crippen LogP contribution in [0.15, 0.2) is 12.3 Å². The van der Waals surface area contributed by atoms with Gasteiger partial charge in [-0.15, -0.1) is 0 Å². The molecule has 0 amide bonds. The number of nitrogens with zero attached hydrogens (tertiary/aromatic N) is 2. The van der Waals surface area contributed by atoms with Crippen molar-refractivity contribution in [3.63, 3.8) is 0 Å². The highest BCUT2D eigenvalue weighted by molar-refractivity contribution is 4.94. The maximum atomic E-state index is 4.35. The standard InChI is InChI=1S/C11H21N3/c1-3-12-8-5-4-6-9-14-10-7-11(2)13-14/h7,10,12H,3-6,8-9H2,1-2H3. The minimum absolute atomic E-state index is 1.06. The number of aromatic nitrogens is 2. The van der Waals surface area contributed by atoms with Crippen LogP contribution in [0.1, 0.15) is 31.9 Å². The van der Waals surface area contributed by atoms with Crippen LogP contribution in [0, 0.1) is 6.92 Å². The summed E-state index contributed by atoms with van der Waals surface area (Å²) in [5, 5.41) is 7.67. The number of hydrogen-bond acceptors (Lipinski definition) is 2. The molecule has 1 N–H and O–H groups in total. The smallest absolute Gasteiger partial charge is 0.0593 e. The highest BCUT2D eigenvalue weighted by atomic mass is 15.3. The zero-order valence-corrected chi connectivity index (χ0v) is 9.29. The van der Waals surface area contributed by atoms with Crippen molar-refractivity contribution in [2.45, 2.75) is 39.7 Å². The van der Waals surface area contributed by atoms with Gasteiger partial charge >= 0.3 is 0 Å². The molecule has 0 aliphatic rings. The third kappa shape index (κ3) is 4.42.